The van der Waals surface area contributed by atoms with Crippen LogP contribution in [-0.4, -0.2) is 29.0 Å². The average molecular weight is 422 g/mol. The Morgan fingerprint density at radius 3 is 2.31 bits per heavy atom. The monoisotopic (exact) mass is 421 g/mol. The van der Waals surface area contributed by atoms with Crippen LogP contribution in [-0.2, 0) is 4.79 Å². The first-order chi connectivity index (χ1) is 12.1. The number of aliphatic hydroxyl groups is 1. The summed E-state index contributed by atoms with van der Waals surface area (Å²) in [4.78, 5) is 14.6. The quantitative estimate of drug-likeness (QED) is 0.629. The fraction of sp³-hybridized carbons (Fsp3) is 0.235. The van der Waals surface area contributed by atoms with Gasteiger partial charge in [0.1, 0.15) is 0 Å². The lowest BCUT2D eigenvalue weighted by atomic mass is 10.1. The van der Waals surface area contributed by atoms with E-state index >= 15 is 0 Å². The highest BCUT2D eigenvalue weighted by Gasteiger charge is 2.55. The molecule has 0 saturated carbocycles. The van der Waals surface area contributed by atoms with Crippen molar-refractivity contribution in [2.24, 2.45) is 0 Å². The summed E-state index contributed by atoms with van der Waals surface area (Å²) < 4.78 is 38.1. The zero-order valence-corrected chi connectivity index (χ0v) is 16.1. The van der Waals surface area contributed by atoms with Crippen LogP contribution in [0, 0.1) is 0 Å². The van der Waals surface area contributed by atoms with Crippen molar-refractivity contribution in [3.63, 3.8) is 0 Å². The van der Waals surface area contributed by atoms with Gasteiger partial charge in [0.05, 0.1) is 10.7 Å². The predicted octanol–water partition coefficient (Wildman–Crippen LogP) is 5.46. The Balaban J connectivity index is 2.19. The van der Waals surface area contributed by atoms with Crippen LogP contribution in [0.2, 0.25) is 5.02 Å². The predicted molar refractivity (Wildman–Crippen MR) is 99.1 cm³/mol. The molecule has 2 aromatic carbocycles. The van der Waals surface area contributed by atoms with Crippen LogP contribution in [0.3, 0.4) is 0 Å². The van der Waals surface area contributed by atoms with Crippen LogP contribution in [0.4, 0.5) is 18.9 Å². The Kier molecular flexibility index (Phi) is 6.55. The van der Waals surface area contributed by atoms with Crippen molar-refractivity contribution in [3.05, 3.63) is 47.5 Å². The molecule has 0 unspecified atom stereocenters. The van der Waals surface area contributed by atoms with Crippen molar-refractivity contribution in [2.45, 2.75) is 33.4 Å². The Morgan fingerprint density at radius 2 is 1.77 bits per heavy atom. The van der Waals surface area contributed by atoms with Crippen LogP contribution < -0.4 is 5.32 Å². The van der Waals surface area contributed by atoms with Crippen molar-refractivity contribution in [2.75, 3.05) is 11.6 Å². The Bertz CT molecular complexity index is 813. The number of carbonyl (C=O) groups excluding carboxylic acids is 1. The summed E-state index contributed by atoms with van der Waals surface area (Å²) in [7, 11) is 0. The second-order valence-corrected chi connectivity index (χ2v) is 7.79. The molecule has 2 N–H and O–H groups in total. The molecule has 1 atom stereocenters. The van der Waals surface area contributed by atoms with Gasteiger partial charge in [0.25, 0.3) is 5.91 Å². The van der Waals surface area contributed by atoms with Crippen LogP contribution in [0.25, 0.3) is 0 Å². The third-order valence-electron chi connectivity index (χ3n) is 3.48. The van der Waals surface area contributed by atoms with Crippen LogP contribution in [0.5, 0.6) is 0 Å². The summed E-state index contributed by atoms with van der Waals surface area (Å²) in [6.07, 6.45) is -3.14. The van der Waals surface area contributed by atoms with E-state index in [0.717, 1.165) is 14.7 Å². The third-order valence-corrected chi connectivity index (χ3v) is 5.78. The fourth-order valence-corrected chi connectivity index (χ4v) is 3.90. The van der Waals surface area contributed by atoms with Gasteiger partial charge in [0.15, 0.2) is 0 Å². The van der Waals surface area contributed by atoms with Gasteiger partial charge >= 0.3 is 6.18 Å². The van der Waals surface area contributed by atoms with Crippen molar-refractivity contribution >= 4 is 46.7 Å². The fourth-order valence-electron chi connectivity index (χ4n) is 1.86. The molecule has 3 nitrogen and oxygen atoms in total. The number of hydrogen-bond donors (Lipinski definition) is 2. The van der Waals surface area contributed by atoms with Gasteiger partial charge in [-0.1, -0.05) is 35.5 Å². The minimum atomic E-state index is -5.10. The van der Waals surface area contributed by atoms with E-state index in [9.17, 15) is 23.1 Å². The standard InChI is InChI=1S/C17H15ClF3NO2S2/c1-16(24,17(19,20)21)15(23)22-12-8-7-10(9-11(12)18)26-14-6-4-3-5-13(14)25-2/h3-9,24H,1-2H3,(H,22,23)/t16-/m1/s1. The largest absolute Gasteiger partial charge is 0.426 e. The highest BCUT2D eigenvalue weighted by Crippen LogP contribution is 2.38. The molecule has 26 heavy (non-hydrogen) atoms. The van der Waals surface area contributed by atoms with Crippen LogP contribution >= 0.6 is 35.1 Å². The van der Waals surface area contributed by atoms with E-state index in [4.69, 9.17) is 11.6 Å². The van der Waals surface area contributed by atoms with Gasteiger partial charge in [-0.3, -0.25) is 4.79 Å². The number of alkyl halides is 3. The summed E-state index contributed by atoms with van der Waals surface area (Å²) in [5.41, 5.74) is -3.52. The Labute approximate surface area is 162 Å². The lowest BCUT2D eigenvalue weighted by Crippen LogP contribution is -2.52. The number of benzene rings is 2. The lowest BCUT2D eigenvalue weighted by Gasteiger charge is -2.25. The minimum absolute atomic E-state index is 0.0105. The maximum absolute atomic E-state index is 12.7. The summed E-state index contributed by atoms with van der Waals surface area (Å²) in [6, 6.07) is 12.3. The normalized spacial score (nSPS) is 14.0. The molecule has 140 valence electrons. The molecule has 0 aliphatic carbocycles. The van der Waals surface area contributed by atoms with Crippen LogP contribution in [0.15, 0.2) is 57.2 Å². The van der Waals surface area contributed by atoms with Gasteiger partial charge in [-0.15, -0.1) is 11.8 Å². The lowest BCUT2D eigenvalue weighted by molar-refractivity contribution is -0.242. The van der Waals surface area contributed by atoms with E-state index in [1.54, 1.807) is 23.9 Å². The van der Waals surface area contributed by atoms with E-state index in [1.807, 2.05) is 35.8 Å². The Morgan fingerprint density at radius 1 is 1.15 bits per heavy atom. The number of nitrogens with one attached hydrogen (secondary N) is 1. The first-order valence-corrected chi connectivity index (χ1v) is 9.69. The summed E-state index contributed by atoms with van der Waals surface area (Å²) >= 11 is 9.11. The summed E-state index contributed by atoms with van der Waals surface area (Å²) in [5.74, 6) is -1.60. The van der Waals surface area contributed by atoms with E-state index < -0.39 is 17.7 Å². The van der Waals surface area contributed by atoms with Crippen molar-refractivity contribution in [1.82, 2.24) is 0 Å². The number of amides is 1. The maximum atomic E-state index is 12.7. The number of halogens is 4. The van der Waals surface area contributed by atoms with Crippen LogP contribution in [0.1, 0.15) is 6.92 Å². The third kappa shape index (κ3) is 4.68. The second-order valence-electron chi connectivity index (χ2n) is 5.42. The number of carbonyl (C=O) groups is 1. The van der Waals surface area contributed by atoms with Gasteiger partial charge in [-0.25, -0.2) is 0 Å². The molecule has 0 fully saturated rings. The molecule has 0 aromatic heterocycles. The topological polar surface area (TPSA) is 49.3 Å². The molecule has 0 bridgehead atoms. The van der Waals surface area contributed by atoms with Gasteiger partial charge < -0.3 is 10.4 Å². The Hall–Kier alpha value is -1.35. The van der Waals surface area contributed by atoms with E-state index in [0.29, 0.717) is 6.92 Å². The average Bonchev–Trinajstić information content (AvgIpc) is 2.56. The molecule has 2 aromatic rings. The molecule has 0 spiro atoms. The first-order valence-electron chi connectivity index (χ1n) is 7.27. The molecule has 0 heterocycles. The molecule has 0 aliphatic heterocycles. The van der Waals surface area contributed by atoms with E-state index in [-0.39, 0.29) is 10.7 Å². The number of hydrogen-bond acceptors (Lipinski definition) is 4. The minimum Gasteiger partial charge on any atom is -0.373 e. The molecule has 2 rings (SSSR count). The van der Waals surface area contributed by atoms with Gasteiger partial charge in [0, 0.05) is 14.7 Å². The number of thioether (sulfide) groups is 1. The van der Waals surface area contributed by atoms with Gasteiger partial charge in [-0.2, -0.15) is 13.2 Å². The molecule has 1 amide bonds. The number of rotatable bonds is 5. The molecular weight excluding hydrogens is 407 g/mol. The molecule has 0 radical (unpaired) electrons. The summed E-state index contributed by atoms with van der Waals surface area (Å²) in [6.45, 7) is 0.389. The molecule has 0 saturated heterocycles. The second kappa shape index (κ2) is 8.12. The number of anilines is 1. The summed E-state index contributed by atoms with van der Waals surface area (Å²) in [5, 5.41) is 11.5. The van der Waals surface area contributed by atoms with E-state index in [2.05, 4.69) is 0 Å². The first kappa shape index (κ1) is 21.0. The zero-order chi connectivity index (χ0) is 19.5. The van der Waals surface area contributed by atoms with Gasteiger partial charge in [-0.05, 0) is 43.5 Å². The molecule has 0 aliphatic rings. The van der Waals surface area contributed by atoms with Crippen molar-refractivity contribution < 1.29 is 23.1 Å². The van der Waals surface area contributed by atoms with Gasteiger partial charge in [0.2, 0.25) is 5.60 Å². The highest BCUT2D eigenvalue weighted by molar-refractivity contribution is 8.02. The highest BCUT2D eigenvalue weighted by atomic mass is 35.5. The smallest absolute Gasteiger partial charge is 0.373 e. The SMILES string of the molecule is CSc1ccccc1Sc1ccc(NC(=O)[C@@](C)(O)C(F)(F)F)c(Cl)c1. The van der Waals surface area contributed by atoms with Crippen molar-refractivity contribution in [3.8, 4) is 0 Å². The maximum Gasteiger partial charge on any atom is 0.426 e. The van der Waals surface area contributed by atoms with E-state index in [1.165, 1.54) is 17.8 Å². The zero-order valence-electron chi connectivity index (χ0n) is 13.7. The van der Waals surface area contributed by atoms with Crippen molar-refractivity contribution in [1.29, 1.82) is 0 Å². The molecule has 9 heteroatoms. The molecular formula is C17H15ClF3NO2S2.